The number of nitrogens with zero attached hydrogens (tertiary/aromatic N) is 2. The molecule has 72 valence electrons. The molecule has 0 bridgehead atoms. The Kier molecular flexibility index (Phi) is 2.29. The van der Waals surface area contributed by atoms with Crippen molar-refractivity contribution in [3.05, 3.63) is 0 Å². The van der Waals surface area contributed by atoms with Gasteiger partial charge in [-0.1, -0.05) is 0 Å². The Morgan fingerprint density at radius 3 is 3.23 bits per heavy atom. The molecule has 1 saturated heterocycles. The lowest BCUT2D eigenvalue weighted by atomic mass is 10.1. The van der Waals surface area contributed by atoms with Gasteiger partial charge in [0.1, 0.15) is 0 Å². The molecule has 13 heavy (non-hydrogen) atoms. The van der Waals surface area contributed by atoms with E-state index >= 15 is 0 Å². The third kappa shape index (κ3) is 1.71. The lowest BCUT2D eigenvalue weighted by Crippen LogP contribution is -2.38. The first-order valence-electron chi connectivity index (χ1n) is 4.30. The Bertz CT molecular complexity index is 267. The minimum Gasteiger partial charge on any atom is -0.479 e. The molecule has 2 heterocycles. The van der Waals surface area contributed by atoms with Crippen LogP contribution in [0.2, 0.25) is 0 Å². The van der Waals surface area contributed by atoms with E-state index in [0.717, 1.165) is 25.2 Å². The predicted octanol–water partition coefficient (Wildman–Crippen LogP) is 0.289. The van der Waals surface area contributed by atoms with E-state index in [4.69, 9.17) is 5.11 Å². The Morgan fingerprint density at radius 1 is 1.77 bits per heavy atom. The standard InChI is InChI=1S/C8H12N2O2S/c1-10-3-2-5-6(4-10)13-7(9-5)8(11)12/h6-7H,2-4H2,1H3,(H,11,12). The highest BCUT2D eigenvalue weighted by atomic mass is 32.2. The van der Waals surface area contributed by atoms with Gasteiger partial charge in [0.25, 0.3) is 0 Å². The summed E-state index contributed by atoms with van der Waals surface area (Å²) in [4.78, 5) is 17.1. The number of fused-ring (bicyclic) bond motifs is 1. The largest absolute Gasteiger partial charge is 0.479 e. The number of aliphatic imine (C=N–C) groups is 1. The van der Waals surface area contributed by atoms with Crippen molar-refractivity contribution in [2.75, 3.05) is 20.1 Å². The minimum atomic E-state index is -0.811. The van der Waals surface area contributed by atoms with Gasteiger partial charge in [-0.2, -0.15) is 0 Å². The van der Waals surface area contributed by atoms with E-state index in [0.29, 0.717) is 5.25 Å². The first-order valence-corrected chi connectivity index (χ1v) is 5.24. The molecule has 5 heteroatoms. The van der Waals surface area contributed by atoms with Gasteiger partial charge in [-0.05, 0) is 13.5 Å². The Morgan fingerprint density at radius 2 is 2.54 bits per heavy atom. The summed E-state index contributed by atoms with van der Waals surface area (Å²) in [5.41, 5.74) is 1.09. The van der Waals surface area contributed by atoms with E-state index in [1.54, 1.807) is 0 Å². The number of carboxylic acids is 1. The van der Waals surface area contributed by atoms with E-state index in [-0.39, 0.29) is 0 Å². The van der Waals surface area contributed by atoms with Crippen molar-refractivity contribution in [3.8, 4) is 0 Å². The van der Waals surface area contributed by atoms with Gasteiger partial charge >= 0.3 is 5.97 Å². The zero-order chi connectivity index (χ0) is 9.42. The van der Waals surface area contributed by atoms with E-state index in [9.17, 15) is 4.79 Å². The van der Waals surface area contributed by atoms with Crippen molar-refractivity contribution in [3.63, 3.8) is 0 Å². The molecule has 0 spiro atoms. The van der Waals surface area contributed by atoms with Gasteiger partial charge in [0.15, 0.2) is 5.37 Å². The number of carboxylic acid groups (broad SMARTS) is 1. The topological polar surface area (TPSA) is 52.9 Å². The summed E-state index contributed by atoms with van der Waals surface area (Å²) in [5, 5.41) is 8.55. The van der Waals surface area contributed by atoms with E-state index in [1.165, 1.54) is 11.8 Å². The van der Waals surface area contributed by atoms with Gasteiger partial charge < -0.3 is 10.0 Å². The monoisotopic (exact) mass is 200 g/mol. The molecule has 2 aliphatic heterocycles. The molecule has 1 N–H and O–H groups in total. The lowest BCUT2D eigenvalue weighted by molar-refractivity contribution is -0.136. The van der Waals surface area contributed by atoms with Gasteiger partial charge in [0, 0.05) is 18.8 Å². The zero-order valence-corrected chi connectivity index (χ0v) is 8.25. The van der Waals surface area contributed by atoms with Crippen molar-refractivity contribution in [2.24, 2.45) is 4.99 Å². The highest BCUT2D eigenvalue weighted by Gasteiger charge is 2.35. The highest BCUT2D eigenvalue weighted by Crippen LogP contribution is 2.31. The Balaban J connectivity index is 2.08. The third-order valence-electron chi connectivity index (χ3n) is 2.39. The molecule has 2 aliphatic rings. The second kappa shape index (κ2) is 3.31. The van der Waals surface area contributed by atoms with Crippen LogP contribution in [0.1, 0.15) is 6.42 Å². The van der Waals surface area contributed by atoms with Gasteiger partial charge in [0.05, 0.1) is 5.25 Å². The van der Waals surface area contributed by atoms with Crippen LogP contribution in [0.15, 0.2) is 4.99 Å². The van der Waals surface area contributed by atoms with Crippen LogP contribution < -0.4 is 0 Å². The first-order chi connectivity index (χ1) is 6.16. The third-order valence-corrected chi connectivity index (χ3v) is 3.70. The maximum atomic E-state index is 10.7. The van der Waals surface area contributed by atoms with Crippen LogP contribution in [0, 0.1) is 0 Å². The van der Waals surface area contributed by atoms with Crippen molar-refractivity contribution >= 4 is 23.4 Å². The molecule has 0 amide bonds. The molecule has 0 aromatic carbocycles. The molecule has 0 aromatic heterocycles. The van der Waals surface area contributed by atoms with E-state index in [2.05, 4.69) is 16.9 Å². The van der Waals surface area contributed by atoms with Gasteiger partial charge in [0.2, 0.25) is 0 Å². The summed E-state index contributed by atoms with van der Waals surface area (Å²) in [7, 11) is 2.06. The predicted molar refractivity (Wildman–Crippen MR) is 52.4 cm³/mol. The molecule has 0 aromatic rings. The molecule has 2 atom stereocenters. The lowest BCUT2D eigenvalue weighted by Gasteiger charge is -2.27. The van der Waals surface area contributed by atoms with Crippen LogP contribution in [-0.4, -0.2) is 52.4 Å². The molecular formula is C8H12N2O2S. The number of piperidine rings is 1. The van der Waals surface area contributed by atoms with Crippen molar-refractivity contribution in [1.82, 2.24) is 4.90 Å². The van der Waals surface area contributed by atoms with Crippen LogP contribution in [0.5, 0.6) is 0 Å². The van der Waals surface area contributed by atoms with Gasteiger partial charge in [-0.15, -0.1) is 11.8 Å². The smallest absolute Gasteiger partial charge is 0.338 e. The Hall–Kier alpha value is -0.550. The SMILES string of the molecule is CN1CCC2=NC(C(=O)O)SC2C1. The van der Waals surface area contributed by atoms with E-state index < -0.39 is 11.3 Å². The van der Waals surface area contributed by atoms with E-state index in [1.807, 2.05) is 0 Å². The average molecular weight is 200 g/mol. The molecule has 4 nitrogen and oxygen atoms in total. The molecule has 0 radical (unpaired) electrons. The summed E-state index contributed by atoms with van der Waals surface area (Å²) in [6.07, 6.45) is 0.929. The fourth-order valence-corrected chi connectivity index (χ4v) is 2.97. The molecule has 0 saturated carbocycles. The first kappa shape index (κ1) is 9.02. The van der Waals surface area contributed by atoms with Crippen molar-refractivity contribution in [2.45, 2.75) is 17.0 Å². The fourth-order valence-electron chi connectivity index (χ4n) is 1.67. The summed E-state index contributed by atoms with van der Waals surface area (Å²) in [5.74, 6) is -0.811. The van der Waals surface area contributed by atoms with Crippen LogP contribution in [0.25, 0.3) is 0 Å². The number of hydrogen-bond donors (Lipinski definition) is 1. The molecular weight excluding hydrogens is 188 g/mol. The van der Waals surface area contributed by atoms with Crippen LogP contribution in [0.4, 0.5) is 0 Å². The Labute approximate surface area is 81.0 Å². The summed E-state index contributed by atoms with van der Waals surface area (Å²) < 4.78 is 0. The number of rotatable bonds is 1. The maximum absolute atomic E-state index is 10.7. The van der Waals surface area contributed by atoms with Crippen LogP contribution in [0.3, 0.4) is 0 Å². The maximum Gasteiger partial charge on any atom is 0.338 e. The fraction of sp³-hybridized carbons (Fsp3) is 0.750. The van der Waals surface area contributed by atoms with Gasteiger partial charge in [-0.25, -0.2) is 4.79 Å². The molecule has 2 rings (SSSR count). The normalized spacial score (nSPS) is 34.1. The van der Waals surface area contributed by atoms with Crippen LogP contribution in [-0.2, 0) is 4.79 Å². The number of aliphatic carboxylic acids is 1. The number of likely N-dealkylation sites (tertiary alicyclic amines) is 1. The van der Waals surface area contributed by atoms with Crippen LogP contribution >= 0.6 is 11.8 Å². The molecule has 1 fully saturated rings. The molecule has 0 aliphatic carbocycles. The summed E-state index contributed by atoms with van der Waals surface area (Å²) >= 11 is 1.46. The average Bonchev–Trinajstić information content (AvgIpc) is 2.46. The molecule has 2 unspecified atom stereocenters. The summed E-state index contributed by atoms with van der Waals surface area (Å²) in [6, 6.07) is 0. The van der Waals surface area contributed by atoms with Gasteiger partial charge in [-0.3, -0.25) is 4.99 Å². The number of thioether (sulfide) groups is 1. The minimum absolute atomic E-state index is 0.319. The van der Waals surface area contributed by atoms with Crippen molar-refractivity contribution in [1.29, 1.82) is 0 Å². The van der Waals surface area contributed by atoms with Crippen molar-refractivity contribution < 1.29 is 9.90 Å². The highest BCUT2D eigenvalue weighted by molar-refractivity contribution is 8.02. The second-order valence-electron chi connectivity index (χ2n) is 3.45. The quantitative estimate of drug-likeness (QED) is 0.661. The second-order valence-corrected chi connectivity index (χ2v) is 4.74. The summed E-state index contributed by atoms with van der Waals surface area (Å²) in [6.45, 7) is 1.94. The number of carbonyl (C=O) groups is 1. The zero-order valence-electron chi connectivity index (χ0n) is 7.43. The number of hydrogen-bond acceptors (Lipinski definition) is 4.